The third kappa shape index (κ3) is 8.43. The molecule has 1 atom stereocenters. The highest BCUT2D eigenvalue weighted by Crippen LogP contribution is 1.98. The van der Waals surface area contributed by atoms with Crippen molar-refractivity contribution in [1.82, 2.24) is 5.43 Å². The van der Waals surface area contributed by atoms with Gasteiger partial charge in [0.1, 0.15) is 9.84 Å². The van der Waals surface area contributed by atoms with E-state index < -0.39 is 9.84 Å². The topological polar surface area (TPSA) is 81.4 Å². The monoisotopic (exact) mass is 224 g/mol. The molecule has 0 spiro atoms. The maximum Gasteiger partial charge on any atom is 0.147 e. The van der Waals surface area contributed by atoms with Crippen molar-refractivity contribution in [3.8, 4) is 0 Å². The summed E-state index contributed by atoms with van der Waals surface area (Å²) in [4.78, 5) is 0. The number of hydrogen-bond donors (Lipinski definition) is 2. The van der Waals surface area contributed by atoms with Crippen LogP contribution in [0.1, 0.15) is 20.3 Å². The maximum atomic E-state index is 10.9. The molecule has 0 aromatic carbocycles. The van der Waals surface area contributed by atoms with E-state index in [2.05, 4.69) is 5.43 Å². The Hall–Kier alpha value is -0.170. The summed E-state index contributed by atoms with van der Waals surface area (Å²) in [6.45, 7) is 4.28. The molecule has 86 valence electrons. The minimum Gasteiger partial charge on any atom is -0.377 e. The minimum atomic E-state index is -2.92. The number of hydrogen-bond acceptors (Lipinski definition) is 5. The van der Waals surface area contributed by atoms with Crippen molar-refractivity contribution >= 4 is 9.84 Å². The van der Waals surface area contributed by atoms with Crippen LogP contribution < -0.4 is 11.3 Å². The van der Waals surface area contributed by atoms with Gasteiger partial charge in [-0.15, -0.1) is 0 Å². The fraction of sp³-hybridized carbons (Fsp3) is 1.00. The van der Waals surface area contributed by atoms with E-state index in [4.69, 9.17) is 10.6 Å². The smallest absolute Gasteiger partial charge is 0.147 e. The van der Waals surface area contributed by atoms with E-state index in [1.165, 1.54) is 6.26 Å². The number of rotatable bonds is 7. The second kappa shape index (κ2) is 6.34. The lowest BCUT2D eigenvalue weighted by Crippen LogP contribution is -2.40. The molecular weight excluding hydrogens is 204 g/mol. The molecule has 0 saturated heterocycles. The van der Waals surface area contributed by atoms with Crippen molar-refractivity contribution in [2.75, 3.05) is 18.6 Å². The SMILES string of the molecule is CC(C)OCC(CCS(C)(=O)=O)NN. The summed E-state index contributed by atoms with van der Waals surface area (Å²) in [6, 6.07) is -0.105. The average molecular weight is 224 g/mol. The summed E-state index contributed by atoms with van der Waals surface area (Å²) in [5, 5.41) is 0. The molecule has 1 unspecified atom stereocenters. The second-order valence-corrected chi connectivity index (χ2v) is 5.92. The number of nitrogens with two attached hydrogens (primary N) is 1. The van der Waals surface area contributed by atoms with Gasteiger partial charge in [-0.05, 0) is 20.3 Å². The van der Waals surface area contributed by atoms with Gasteiger partial charge in [0.25, 0.3) is 0 Å². The first-order chi connectivity index (χ1) is 6.35. The van der Waals surface area contributed by atoms with Crippen LogP contribution in [-0.4, -0.2) is 39.2 Å². The van der Waals surface area contributed by atoms with Gasteiger partial charge >= 0.3 is 0 Å². The Labute approximate surface area is 85.9 Å². The Morgan fingerprint density at radius 1 is 1.43 bits per heavy atom. The molecule has 0 aliphatic rings. The molecule has 0 aromatic rings. The zero-order valence-electron chi connectivity index (χ0n) is 8.99. The Morgan fingerprint density at radius 2 is 2.00 bits per heavy atom. The fourth-order valence-corrected chi connectivity index (χ4v) is 1.59. The van der Waals surface area contributed by atoms with Gasteiger partial charge in [-0.1, -0.05) is 0 Å². The molecule has 0 amide bonds. The van der Waals surface area contributed by atoms with Gasteiger partial charge in [0.05, 0.1) is 18.5 Å². The molecule has 3 N–H and O–H groups in total. The molecule has 0 saturated carbocycles. The second-order valence-electron chi connectivity index (χ2n) is 3.66. The molecule has 14 heavy (non-hydrogen) atoms. The summed E-state index contributed by atoms with van der Waals surface area (Å²) in [7, 11) is -2.92. The Bertz CT molecular complexity index is 239. The van der Waals surface area contributed by atoms with E-state index in [0.29, 0.717) is 13.0 Å². The van der Waals surface area contributed by atoms with Crippen LogP contribution in [0.3, 0.4) is 0 Å². The molecule has 0 aliphatic carbocycles. The van der Waals surface area contributed by atoms with Crippen molar-refractivity contribution in [2.24, 2.45) is 5.84 Å². The van der Waals surface area contributed by atoms with Gasteiger partial charge < -0.3 is 4.74 Å². The van der Waals surface area contributed by atoms with E-state index in [9.17, 15) is 8.42 Å². The lowest BCUT2D eigenvalue weighted by Gasteiger charge is -2.17. The average Bonchev–Trinajstić information content (AvgIpc) is 2.02. The number of nitrogens with one attached hydrogen (secondary N) is 1. The molecule has 0 rings (SSSR count). The summed E-state index contributed by atoms with van der Waals surface area (Å²) in [5.74, 6) is 5.39. The number of ether oxygens (including phenoxy) is 1. The molecule has 0 aliphatic heterocycles. The van der Waals surface area contributed by atoms with Crippen LogP contribution in [0.5, 0.6) is 0 Å². The van der Waals surface area contributed by atoms with Crippen LogP contribution in [0.4, 0.5) is 0 Å². The van der Waals surface area contributed by atoms with Crippen molar-refractivity contribution < 1.29 is 13.2 Å². The number of hydrazine groups is 1. The molecule has 6 heteroatoms. The molecule has 0 aromatic heterocycles. The van der Waals surface area contributed by atoms with E-state index >= 15 is 0 Å². The molecular formula is C8H20N2O3S. The van der Waals surface area contributed by atoms with Gasteiger partial charge in [-0.25, -0.2) is 8.42 Å². The minimum absolute atomic E-state index is 0.105. The van der Waals surface area contributed by atoms with E-state index in [1.54, 1.807) is 0 Å². The maximum absolute atomic E-state index is 10.9. The first kappa shape index (κ1) is 13.8. The Kier molecular flexibility index (Phi) is 6.26. The van der Waals surface area contributed by atoms with Gasteiger partial charge in [0.15, 0.2) is 0 Å². The van der Waals surface area contributed by atoms with Crippen LogP contribution in [0, 0.1) is 0 Å². The Balaban J connectivity index is 3.80. The van der Waals surface area contributed by atoms with Crippen molar-refractivity contribution in [1.29, 1.82) is 0 Å². The number of sulfone groups is 1. The van der Waals surface area contributed by atoms with Gasteiger partial charge in [-0.3, -0.25) is 11.3 Å². The van der Waals surface area contributed by atoms with Crippen molar-refractivity contribution in [2.45, 2.75) is 32.4 Å². The quantitative estimate of drug-likeness (QED) is 0.457. The summed E-state index contributed by atoms with van der Waals surface area (Å²) in [6.07, 6.45) is 1.82. The van der Waals surface area contributed by atoms with Crippen molar-refractivity contribution in [3.05, 3.63) is 0 Å². The highest BCUT2D eigenvalue weighted by atomic mass is 32.2. The first-order valence-corrected chi connectivity index (χ1v) is 6.66. The van der Waals surface area contributed by atoms with Crippen LogP contribution in [-0.2, 0) is 14.6 Å². The lowest BCUT2D eigenvalue weighted by atomic mass is 10.2. The third-order valence-corrected chi connectivity index (χ3v) is 2.68. The predicted octanol–water partition coefficient (Wildman–Crippen LogP) is -0.322. The van der Waals surface area contributed by atoms with E-state index in [-0.39, 0.29) is 17.9 Å². The standard InChI is InChI=1S/C8H20N2O3S/c1-7(2)13-6-8(10-9)4-5-14(3,11)12/h7-8,10H,4-6,9H2,1-3H3. The van der Waals surface area contributed by atoms with Gasteiger partial charge in [0, 0.05) is 12.3 Å². The van der Waals surface area contributed by atoms with Crippen LogP contribution in [0.25, 0.3) is 0 Å². The first-order valence-electron chi connectivity index (χ1n) is 4.60. The van der Waals surface area contributed by atoms with E-state index in [1.807, 2.05) is 13.8 Å². The normalized spacial score (nSPS) is 14.6. The van der Waals surface area contributed by atoms with E-state index in [0.717, 1.165) is 0 Å². The molecule has 0 heterocycles. The third-order valence-electron chi connectivity index (χ3n) is 1.70. The van der Waals surface area contributed by atoms with Crippen molar-refractivity contribution in [3.63, 3.8) is 0 Å². The van der Waals surface area contributed by atoms with Gasteiger partial charge in [-0.2, -0.15) is 0 Å². The molecule has 0 radical (unpaired) electrons. The summed E-state index contributed by atoms with van der Waals surface area (Å²) >= 11 is 0. The zero-order chi connectivity index (χ0) is 11.2. The summed E-state index contributed by atoms with van der Waals surface area (Å²) < 4.78 is 27.1. The van der Waals surface area contributed by atoms with Gasteiger partial charge in [0.2, 0.25) is 0 Å². The Morgan fingerprint density at radius 3 is 2.36 bits per heavy atom. The summed E-state index contributed by atoms with van der Waals surface area (Å²) in [5.41, 5.74) is 2.54. The lowest BCUT2D eigenvalue weighted by molar-refractivity contribution is 0.0607. The largest absolute Gasteiger partial charge is 0.377 e. The molecule has 0 fully saturated rings. The highest BCUT2D eigenvalue weighted by molar-refractivity contribution is 7.90. The zero-order valence-corrected chi connectivity index (χ0v) is 9.80. The van der Waals surface area contributed by atoms with Crippen LogP contribution in [0.15, 0.2) is 0 Å². The fourth-order valence-electron chi connectivity index (χ4n) is 0.880. The molecule has 5 nitrogen and oxygen atoms in total. The van der Waals surface area contributed by atoms with Crippen LogP contribution >= 0.6 is 0 Å². The van der Waals surface area contributed by atoms with Crippen LogP contribution in [0.2, 0.25) is 0 Å². The molecule has 0 bridgehead atoms. The highest BCUT2D eigenvalue weighted by Gasteiger charge is 2.11. The predicted molar refractivity (Wildman–Crippen MR) is 56.5 cm³/mol.